The Kier molecular flexibility index (Phi) is 4.78. The summed E-state index contributed by atoms with van der Waals surface area (Å²) in [5.74, 6) is 0.0590. The van der Waals surface area contributed by atoms with Crippen LogP contribution >= 0.6 is 0 Å². The summed E-state index contributed by atoms with van der Waals surface area (Å²) in [5.41, 5.74) is 4.14. The SMILES string of the molecule is C=C(C)CC(C)C(=O)NCCc1cn2c(C)cccc2n1. The number of rotatable bonds is 6. The maximum Gasteiger partial charge on any atom is 0.223 e. The number of hydrogen-bond acceptors (Lipinski definition) is 2. The lowest BCUT2D eigenvalue weighted by atomic mass is 10.0. The van der Waals surface area contributed by atoms with Gasteiger partial charge in [-0.25, -0.2) is 4.98 Å². The second kappa shape index (κ2) is 6.57. The third-order valence-electron chi connectivity index (χ3n) is 3.53. The number of aromatic nitrogens is 2. The van der Waals surface area contributed by atoms with E-state index in [9.17, 15) is 4.79 Å². The van der Waals surface area contributed by atoms with E-state index >= 15 is 0 Å². The zero-order valence-electron chi connectivity index (χ0n) is 13.0. The van der Waals surface area contributed by atoms with E-state index < -0.39 is 0 Å². The van der Waals surface area contributed by atoms with Crippen molar-refractivity contribution in [3.05, 3.63) is 47.9 Å². The molecule has 2 heterocycles. The minimum Gasteiger partial charge on any atom is -0.355 e. The topological polar surface area (TPSA) is 46.4 Å². The van der Waals surface area contributed by atoms with Crippen molar-refractivity contribution in [2.75, 3.05) is 6.54 Å². The first-order valence-corrected chi connectivity index (χ1v) is 7.33. The van der Waals surface area contributed by atoms with Gasteiger partial charge in [0.25, 0.3) is 0 Å². The van der Waals surface area contributed by atoms with Gasteiger partial charge >= 0.3 is 0 Å². The lowest BCUT2D eigenvalue weighted by Crippen LogP contribution is -2.31. The summed E-state index contributed by atoms with van der Waals surface area (Å²) in [6, 6.07) is 6.05. The first kappa shape index (κ1) is 15.3. The Morgan fingerprint density at radius 1 is 1.48 bits per heavy atom. The van der Waals surface area contributed by atoms with Gasteiger partial charge in [0.1, 0.15) is 5.65 Å². The van der Waals surface area contributed by atoms with Gasteiger partial charge in [0.15, 0.2) is 0 Å². The molecule has 0 aliphatic heterocycles. The average Bonchev–Trinajstić information content (AvgIpc) is 2.82. The Labute approximate surface area is 125 Å². The molecule has 0 aliphatic rings. The molecule has 0 fully saturated rings. The van der Waals surface area contributed by atoms with E-state index in [-0.39, 0.29) is 11.8 Å². The van der Waals surface area contributed by atoms with Crippen molar-refractivity contribution in [1.82, 2.24) is 14.7 Å². The number of imidazole rings is 1. The van der Waals surface area contributed by atoms with E-state index in [0.717, 1.165) is 35.4 Å². The number of carbonyl (C=O) groups is 1. The molecule has 0 saturated heterocycles. The molecule has 0 saturated carbocycles. The van der Waals surface area contributed by atoms with Crippen molar-refractivity contribution < 1.29 is 4.79 Å². The van der Waals surface area contributed by atoms with Gasteiger partial charge in [-0.15, -0.1) is 6.58 Å². The summed E-state index contributed by atoms with van der Waals surface area (Å²) in [5, 5.41) is 2.97. The number of fused-ring (bicyclic) bond motifs is 1. The normalized spacial score (nSPS) is 12.3. The largest absolute Gasteiger partial charge is 0.355 e. The summed E-state index contributed by atoms with van der Waals surface area (Å²) in [6.45, 7) is 10.4. The van der Waals surface area contributed by atoms with E-state index in [1.165, 1.54) is 0 Å². The molecular formula is C17H23N3O. The zero-order valence-corrected chi connectivity index (χ0v) is 13.0. The Morgan fingerprint density at radius 2 is 2.24 bits per heavy atom. The lowest BCUT2D eigenvalue weighted by Gasteiger charge is -2.11. The summed E-state index contributed by atoms with van der Waals surface area (Å²) >= 11 is 0. The highest BCUT2D eigenvalue weighted by molar-refractivity contribution is 5.78. The molecule has 0 spiro atoms. The van der Waals surface area contributed by atoms with Gasteiger partial charge in [0.05, 0.1) is 5.69 Å². The molecule has 112 valence electrons. The maximum atomic E-state index is 11.9. The lowest BCUT2D eigenvalue weighted by molar-refractivity contribution is -0.124. The van der Waals surface area contributed by atoms with Gasteiger partial charge < -0.3 is 9.72 Å². The first-order valence-electron chi connectivity index (χ1n) is 7.33. The number of pyridine rings is 1. The molecule has 1 unspecified atom stereocenters. The number of nitrogens with zero attached hydrogens (tertiary/aromatic N) is 2. The van der Waals surface area contributed by atoms with Crippen LogP contribution in [0.2, 0.25) is 0 Å². The highest BCUT2D eigenvalue weighted by Gasteiger charge is 2.12. The average molecular weight is 285 g/mol. The van der Waals surface area contributed by atoms with Crippen LogP contribution in [0.5, 0.6) is 0 Å². The molecule has 4 heteroatoms. The van der Waals surface area contributed by atoms with E-state index in [0.29, 0.717) is 6.54 Å². The Balaban J connectivity index is 1.89. The number of nitrogens with one attached hydrogen (secondary N) is 1. The van der Waals surface area contributed by atoms with Crippen molar-refractivity contribution in [3.8, 4) is 0 Å². The monoisotopic (exact) mass is 285 g/mol. The molecule has 2 rings (SSSR count). The van der Waals surface area contributed by atoms with Crippen LogP contribution in [0.3, 0.4) is 0 Å². The number of allylic oxidation sites excluding steroid dienone is 1. The molecular weight excluding hydrogens is 262 g/mol. The molecule has 2 aromatic rings. The van der Waals surface area contributed by atoms with Gasteiger partial charge in [-0.05, 0) is 32.4 Å². The Hall–Kier alpha value is -2.10. The molecule has 0 aromatic carbocycles. The summed E-state index contributed by atoms with van der Waals surface area (Å²) in [4.78, 5) is 16.5. The zero-order chi connectivity index (χ0) is 15.4. The van der Waals surface area contributed by atoms with Crippen molar-refractivity contribution in [2.24, 2.45) is 5.92 Å². The van der Waals surface area contributed by atoms with Gasteiger partial charge in [-0.3, -0.25) is 4.79 Å². The van der Waals surface area contributed by atoms with Crippen LogP contribution in [0.15, 0.2) is 36.5 Å². The predicted molar refractivity (Wildman–Crippen MR) is 85.2 cm³/mol. The van der Waals surface area contributed by atoms with Crippen molar-refractivity contribution in [3.63, 3.8) is 0 Å². The molecule has 0 aliphatic carbocycles. The van der Waals surface area contributed by atoms with Crippen LogP contribution in [0.1, 0.15) is 31.7 Å². The standard InChI is InChI=1S/C17H23N3O/c1-12(2)10-13(3)17(21)18-9-8-15-11-20-14(4)6-5-7-16(20)19-15/h5-7,11,13H,1,8-10H2,2-4H3,(H,18,21). The Bertz CT molecular complexity index is 657. The molecule has 1 amide bonds. The smallest absolute Gasteiger partial charge is 0.223 e. The van der Waals surface area contributed by atoms with Crippen LogP contribution in [-0.2, 0) is 11.2 Å². The Morgan fingerprint density at radius 3 is 2.90 bits per heavy atom. The van der Waals surface area contributed by atoms with Crippen molar-refractivity contribution in [1.29, 1.82) is 0 Å². The highest BCUT2D eigenvalue weighted by atomic mass is 16.1. The summed E-state index contributed by atoms with van der Waals surface area (Å²) in [6.07, 6.45) is 3.51. The number of amides is 1. The molecule has 21 heavy (non-hydrogen) atoms. The van der Waals surface area contributed by atoms with Gasteiger partial charge in [0, 0.05) is 30.8 Å². The second-order valence-electron chi connectivity index (χ2n) is 5.73. The van der Waals surface area contributed by atoms with Crippen LogP contribution in [0, 0.1) is 12.8 Å². The fraction of sp³-hybridized carbons (Fsp3) is 0.412. The first-order chi connectivity index (χ1) is 9.97. The molecule has 0 radical (unpaired) electrons. The minimum atomic E-state index is -0.0224. The molecule has 1 N–H and O–H groups in total. The third-order valence-corrected chi connectivity index (χ3v) is 3.53. The van der Waals surface area contributed by atoms with Gasteiger partial charge in [-0.1, -0.05) is 18.6 Å². The molecule has 2 aromatic heterocycles. The molecule has 0 bridgehead atoms. The predicted octanol–water partition coefficient (Wildman–Crippen LogP) is 2.90. The van der Waals surface area contributed by atoms with Crippen LogP contribution in [0.25, 0.3) is 5.65 Å². The molecule has 1 atom stereocenters. The fourth-order valence-electron chi connectivity index (χ4n) is 2.42. The number of carbonyl (C=O) groups excluding carboxylic acids is 1. The minimum absolute atomic E-state index is 0.0224. The van der Waals surface area contributed by atoms with Crippen molar-refractivity contribution in [2.45, 2.75) is 33.6 Å². The van der Waals surface area contributed by atoms with E-state index in [1.54, 1.807) is 0 Å². The third kappa shape index (κ3) is 3.94. The van der Waals surface area contributed by atoms with E-state index in [2.05, 4.69) is 34.3 Å². The van der Waals surface area contributed by atoms with Gasteiger partial charge in [-0.2, -0.15) is 0 Å². The van der Waals surface area contributed by atoms with Gasteiger partial charge in [0.2, 0.25) is 5.91 Å². The number of aryl methyl sites for hydroxylation is 1. The highest BCUT2D eigenvalue weighted by Crippen LogP contribution is 2.10. The summed E-state index contributed by atoms with van der Waals surface area (Å²) < 4.78 is 2.07. The fourth-order valence-corrected chi connectivity index (χ4v) is 2.42. The quantitative estimate of drug-likeness (QED) is 0.830. The number of hydrogen-bond donors (Lipinski definition) is 1. The van der Waals surface area contributed by atoms with Crippen LogP contribution < -0.4 is 5.32 Å². The van der Waals surface area contributed by atoms with Crippen LogP contribution in [-0.4, -0.2) is 21.8 Å². The second-order valence-corrected chi connectivity index (χ2v) is 5.73. The van der Waals surface area contributed by atoms with Crippen molar-refractivity contribution >= 4 is 11.6 Å². The van der Waals surface area contributed by atoms with Crippen LogP contribution in [0.4, 0.5) is 0 Å². The van der Waals surface area contributed by atoms with E-state index in [1.807, 2.05) is 32.2 Å². The molecule has 4 nitrogen and oxygen atoms in total. The maximum absolute atomic E-state index is 11.9. The summed E-state index contributed by atoms with van der Waals surface area (Å²) in [7, 11) is 0. The van der Waals surface area contributed by atoms with E-state index in [4.69, 9.17) is 0 Å².